The third kappa shape index (κ3) is 6.53. The smallest absolute Gasteiger partial charge is 0.315 e. The maximum Gasteiger partial charge on any atom is 0.315 e. The fraction of sp³-hybridized carbons (Fsp3) is 0.433. The van der Waals surface area contributed by atoms with Gasteiger partial charge in [0.05, 0.1) is 12.5 Å². The van der Waals surface area contributed by atoms with Gasteiger partial charge in [0.25, 0.3) is 5.91 Å². The lowest BCUT2D eigenvalue weighted by atomic mass is 9.94. The Kier molecular flexibility index (Phi) is 8.18. The first-order valence-corrected chi connectivity index (χ1v) is 13.2. The van der Waals surface area contributed by atoms with E-state index in [-0.39, 0.29) is 37.4 Å². The maximum atomic E-state index is 13.0. The zero-order chi connectivity index (χ0) is 28.3. The molecular formula is C30H35N3O6. The van der Waals surface area contributed by atoms with Crippen molar-refractivity contribution < 1.29 is 28.7 Å². The van der Waals surface area contributed by atoms with Crippen molar-refractivity contribution in [3.63, 3.8) is 0 Å². The normalized spacial score (nSPS) is 17.9. The van der Waals surface area contributed by atoms with Gasteiger partial charge in [-0.1, -0.05) is 37.3 Å². The molecule has 0 aliphatic carbocycles. The molecule has 2 aliphatic heterocycles. The zero-order valence-electron chi connectivity index (χ0n) is 22.8. The first-order chi connectivity index (χ1) is 18.5. The molecule has 1 fully saturated rings. The molecule has 0 radical (unpaired) electrons. The van der Waals surface area contributed by atoms with Crippen molar-refractivity contribution >= 4 is 29.4 Å². The summed E-state index contributed by atoms with van der Waals surface area (Å²) in [4.78, 5) is 50.9. The Morgan fingerprint density at radius 3 is 2.44 bits per heavy atom. The Hall–Kier alpha value is -4.01. The SMILES string of the molecule is CCC(C(=N)Cc1ccc(COc2cccc3c2CN(C2CCC(=O)NC2=O)C3=O)cc1)C(=O)OC(C)(C)C. The maximum absolute atomic E-state index is 13.0. The molecule has 2 heterocycles. The number of imide groups is 1. The summed E-state index contributed by atoms with van der Waals surface area (Å²) < 4.78 is 11.6. The van der Waals surface area contributed by atoms with E-state index in [2.05, 4.69) is 5.32 Å². The van der Waals surface area contributed by atoms with Gasteiger partial charge in [-0.3, -0.25) is 24.5 Å². The number of esters is 1. The van der Waals surface area contributed by atoms with Crippen molar-refractivity contribution in [3.05, 3.63) is 64.7 Å². The molecule has 0 spiro atoms. The van der Waals surface area contributed by atoms with Crippen LogP contribution in [0.2, 0.25) is 0 Å². The van der Waals surface area contributed by atoms with E-state index in [1.807, 2.05) is 52.0 Å². The molecular weight excluding hydrogens is 498 g/mol. The monoisotopic (exact) mass is 533 g/mol. The van der Waals surface area contributed by atoms with Crippen LogP contribution in [0.15, 0.2) is 42.5 Å². The Balaban J connectivity index is 1.37. The number of carbonyl (C=O) groups is 4. The molecule has 2 unspecified atom stereocenters. The topological polar surface area (TPSA) is 126 Å². The van der Waals surface area contributed by atoms with Crippen LogP contribution in [0, 0.1) is 11.3 Å². The van der Waals surface area contributed by atoms with E-state index in [0.717, 1.165) is 16.7 Å². The quantitative estimate of drug-likeness (QED) is 0.286. The van der Waals surface area contributed by atoms with Crippen LogP contribution in [0.25, 0.3) is 0 Å². The van der Waals surface area contributed by atoms with E-state index in [0.29, 0.717) is 36.3 Å². The van der Waals surface area contributed by atoms with E-state index >= 15 is 0 Å². The van der Waals surface area contributed by atoms with Gasteiger partial charge in [-0.05, 0) is 56.9 Å². The van der Waals surface area contributed by atoms with Gasteiger partial charge in [0.15, 0.2) is 0 Å². The van der Waals surface area contributed by atoms with Crippen LogP contribution >= 0.6 is 0 Å². The Labute approximate surface area is 228 Å². The molecule has 4 rings (SSSR count). The van der Waals surface area contributed by atoms with Gasteiger partial charge < -0.3 is 19.8 Å². The first-order valence-electron chi connectivity index (χ1n) is 13.2. The number of fused-ring (bicyclic) bond motifs is 1. The van der Waals surface area contributed by atoms with E-state index in [1.54, 1.807) is 18.2 Å². The standard InChI is InChI=1S/C30H35N3O6/c1-5-20(29(37)39-30(2,3)4)23(31)15-18-9-11-19(12-10-18)17-38-25-8-6-7-21-22(25)16-33(28(21)36)24-13-14-26(34)32-27(24)35/h6-12,20,24,31H,5,13-17H2,1-4H3,(H,32,34,35). The van der Waals surface area contributed by atoms with Gasteiger partial charge in [-0.15, -0.1) is 0 Å². The van der Waals surface area contributed by atoms with Crippen LogP contribution in [0.1, 0.15) is 74.0 Å². The summed E-state index contributed by atoms with van der Waals surface area (Å²) in [7, 11) is 0. The second-order valence-corrected chi connectivity index (χ2v) is 11.0. The zero-order valence-corrected chi connectivity index (χ0v) is 22.8. The fourth-order valence-electron chi connectivity index (χ4n) is 4.88. The highest BCUT2D eigenvalue weighted by molar-refractivity contribution is 6.05. The highest BCUT2D eigenvalue weighted by Gasteiger charge is 2.40. The second-order valence-electron chi connectivity index (χ2n) is 11.0. The lowest BCUT2D eigenvalue weighted by Crippen LogP contribution is -2.52. The van der Waals surface area contributed by atoms with Crippen LogP contribution in [0.4, 0.5) is 0 Å². The lowest BCUT2D eigenvalue weighted by Gasteiger charge is -2.29. The number of nitrogens with one attached hydrogen (secondary N) is 2. The summed E-state index contributed by atoms with van der Waals surface area (Å²) in [6.45, 7) is 7.85. The van der Waals surface area contributed by atoms with Gasteiger partial charge in [-0.2, -0.15) is 0 Å². The molecule has 1 saturated heterocycles. The Morgan fingerprint density at radius 1 is 1.10 bits per heavy atom. The molecule has 3 amide bonds. The number of piperidine rings is 1. The lowest BCUT2D eigenvalue weighted by molar-refractivity contribution is -0.157. The molecule has 2 aliphatic rings. The van der Waals surface area contributed by atoms with Crippen molar-refractivity contribution in [2.45, 2.75) is 78.2 Å². The number of ether oxygens (including phenoxy) is 2. The number of amides is 3. The van der Waals surface area contributed by atoms with Gasteiger partial charge in [0.1, 0.15) is 24.0 Å². The van der Waals surface area contributed by atoms with Crippen LogP contribution in [0.5, 0.6) is 5.75 Å². The van der Waals surface area contributed by atoms with E-state index in [9.17, 15) is 19.2 Å². The number of rotatable bonds is 9. The molecule has 9 nitrogen and oxygen atoms in total. The van der Waals surface area contributed by atoms with Crippen molar-refractivity contribution in [3.8, 4) is 5.75 Å². The number of hydrogen-bond acceptors (Lipinski definition) is 7. The first kappa shape index (κ1) is 28.0. The predicted octanol–water partition coefficient (Wildman–Crippen LogP) is 3.96. The predicted molar refractivity (Wildman–Crippen MR) is 144 cm³/mol. The number of nitrogens with zero attached hydrogens (tertiary/aromatic N) is 1. The number of carbonyl (C=O) groups excluding carboxylic acids is 4. The molecule has 206 valence electrons. The second kappa shape index (κ2) is 11.4. The van der Waals surface area contributed by atoms with Crippen LogP contribution in [-0.2, 0) is 38.7 Å². The largest absolute Gasteiger partial charge is 0.489 e. The minimum absolute atomic E-state index is 0.204. The highest BCUT2D eigenvalue weighted by atomic mass is 16.6. The van der Waals surface area contributed by atoms with Crippen molar-refractivity contribution in [1.29, 1.82) is 5.41 Å². The highest BCUT2D eigenvalue weighted by Crippen LogP contribution is 2.34. The summed E-state index contributed by atoms with van der Waals surface area (Å²) in [5, 5.41) is 10.8. The van der Waals surface area contributed by atoms with Crippen LogP contribution in [-0.4, -0.2) is 45.9 Å². The summed E-state index contributed by atoms with van der Waals surface area (Å²) in [6, 6.07) is 12.3. The summed E-state index contributed by atoms with van der Waals surface area (Å²) >= 11 is 0. The van der Waals surface area contributed by atoms with E-state index in [4.69, 9.17) is 14.9 Å². The fourth-order valence-corrected chi connectivity index (χ4v) is 4.88. The molecule has 0 saturated carbocycles. The van der Waals surface area contributed by atoms with E-state index < -0.39 is 23.5 Å². The van der Waals surface area contributed by atoms with Gasteiger partial charge in [-0.25, -0.2) is 0 Å². The summed E-state index contributed by atoms with van der Waals surface area (Å²) in [5.74, 6) is -1.38. The third-order valence-corrected chi connectivity index (χ3v) is 6.87. The van der Waals surface area contributed by atoms with Crippen LogP contribution < -0.4 is 10.1 Å². The van der Waals surface area contributed by atoms with Crippen molar-refractivity contribution in [2.24, 2.45) is 5.92 Å². The minimum Gasteiger partial charge on any atom is -0.489 e. The average molecular weight is 534 g/mol. The summed E-state index contributed by atoms with van der Waals surface area (Å²) in [5.41, 5.74) is 2.78. The Morgan fingerprint density at radius 2 is 1.79 bits per heavy atom. The Bertz CT molecular complexity index is 1290. The van der Waals surface area contributed by atoms with Gasteiger partial charge in [0, 0.05) is 29.7 Å². The molecule has 2 atom stereocenters. The summed E-state index contributed by atoms with van der Waals surface area (Å²) in [6.07, 6.45) is 1.37. The molecule has 2 aromatic rings. The molecule has 0 aromatic heterocycles. The molecule has 9 heteroatoms. The van der Waals surface area contributed by atoms with Gasteiger partial charge in [0.2, 0.25) is 11.8 Å². The molecule has 0 bridgehead atoms. The molecule has 39 heavy (non-hydrogen) atoms. The van der Waals surface area contributed by atoms with Crippen molar-refractivity contribution in [1.82, 2.24) is 10.2 Å². The number of hydrogen-bond donors (Lipinski definition) is 2. The molecule has 2 aromatic carbocycles. The van der Waals surface area contributed by atoms with Crippen LogP contribution in [0.3, 0.4) is 0 Å². The minimum atomic E-state index is -0.677. The van der Waals surface area contributed by atoms with E-state index in [1.165, 1.54) is 4.90 Å². The number of benzene rings is 2. The van der Waals surface area contributed by atoms with Gasteiger partial charge >= 0.3 is 5.97 Å². The van der Waals surface area contributed by atoms with Crippen molar-refractivity contribution in [2.75, 3.05) is 0 Å². The average Bonchev–Trinajstić information content (AvgIpc) is 3.19. The third-order valence-electron chi connectivity index (χ3n) is 6.87. The molecule has 2 N–H and O–H groups in total.